The summed E-state index contributed by atoms with van der Waals surface area (Å²) in [4.78, 5) is 12.3. The Morgan fingerprint density at radius 3 is 2.81 bits per heavy atom. The van der Waals surface area contributed by atoms with Crippen molar-refractivity contribution in [1.29, 1.82) is 0 Å². The van der Waals surface area contributed by atoms with Gasteiger partial charge in [0.15, 0.2) is 5.96 Å². The predicted octanol–water partition coefficient (Wildman–Crippen LogP) is 0.496. The Bertz CT molecular complexity index is 596. The van der Waals surface area contributed by atoms with E-state index >= 15 is 0 Å². The number of aryl methyl sites for hydroxylation is 1. The second-order valence-electron chi connectivity index (χ2n) is 7.92. The Kier molecular flexibility index (Phi) is 6.53. The highest BCUT2D eigenvalue weighted by Crippen LogP contribution is 2.21. The average Bonchev–Trinajstić information content (AvgIpc) is 3.24. The number of piperazine rings is 1. The molecular weight excluding hydrogens is 326 g/mol. The molecule has 2 unspecified atom stereocenters. The third-order valence-electron chi connectivity index (χ3n) is 5.64. The SMILES string of the molecule is CCNC(=NCC1CN(C)CCN1C)N1CCC(Cc2cnn(C)c2)C1. The summed E-state index contributed by atoms with van der Waals surface area (Å²) in [7, 11) is 6.42. The number of rotatable bonds is 5. The first kappa shape index (κ1) is 19.2. The quantitative estimate of drug-likeness (QED) is 0.611. The standard InChI is InChI=1S/C19H35N7/c1-5-20-19(21-12-18-15-23(2)8-9-24(18)3)26-7-6-16(14-26)10-17-11-22-25(4)13-17/h11,13,16,18H,5-10,12,14-15H2,1-4H3,(H,20,21). The largest absolute Gasteiger partial charge is 0.357 e. The molecule has 1 N–H and O–H groups in total. The summed E-state index contributed by atoms with van der Waals surface area (Å²) in [6.45, 7) is 9.50. The second kappa shape index (κ2) is 8.86. The van der Waals surface area contributed by atoms with Crippen LogP contribution in [0.4, 0.5) is 0 Å². The molecule has 2 atom stereocenters. The maximum Gasteiger partial charge on any atom is 0.193 e. The lowest BCUT2D eigenvalue weighted by Gasteiger charge is -2.37. The highest BCUT2D eigenvalue weighted by molar-refractivity contribution is 5.80. The first-order valence-corrected chi connectivity index (χ1v) is 9.94. The van der Waals surface area contributed by atoms with Crippen LogP contribution in [0.2, 0.25) is 0 Å². The molecule has 0 spiro atoms. The maximum atomic E-state index is 5.00. The molecule has 0 amide bonds. The van der Waals surface area contributed by atoms with Crippen LogP contribution in [0.5, 0.6) is 0 Å². The third kappa shape index (κ3) is 4.98. The fraction of sp³-hybridized carbons (Fsp3) is 0.789. The molecule has 0 aliphatic carbocycles. The number of hydrogen-bond acceptors (Lipinski definition) is 4. The molecule has 0 bridgehead atoms. The minimum Gasteiger partial charge on any atom is -0.357 e. The Morgan fingerprint density at radius 2 is 2.08 bits per heavy atom. The molecule has 2 aliphatic heterocycles. The van der Waals surface area contributed by atoms with Gasteiger partial charge >= 0.3 is 0 Å². The summed E-state index contributed by atoms with van der Waals surface area (Å²) < 4.78 is 1.89. The van der Waals surface area contributed by atoms with E-state index in [0.717, 1.165) is 58.2 Å². The van der Waals surface area contributed by atoms with E-state index in [9.17, 15) is 0 Å². The lowest BCUT2D eigenvalue weighted by molar-refractivity contribution is 0.119. The van der Waals surface area contributed by atoms with Crippen LogP contribution in [0.3, 0.4) is 0 Å². The van der Waals surface area contributed by atoms with Crippen molar-refractivity contribution in [3.8, 4) is 0 Å². The number of aromatic nitrogens is 2. The van der Waals surface area contributed by atoms with Crippen molar-refractivity contribution in [3.05, 3.63) is 18.0 Å². The normalized spacial score (nSPS) is 25.8. The molecule has 0 radical (unpaired) electrons. The summed E-state index contributed by atoms with van der Waals surface area (Å²) in [5.41, 5.74) is 1.34. The number of nitrogens with one attached hydrogen (secondary N) is 1. The predicted molar refractivity (Wildman–Crippen MR) is 106 cm³/mol. The monoisotopic (exact) mass is 361 g/mol. The number of guanidine groups is 1. The van der Waals surface area contributed by atoms with Crippen molar-refractivity contribution in [3.63, 3.8) is 0 Å². The van der Waals surface area contributed by atoms with Gasteiger partial charge < -0.3 is 15.1 Å². The van der Waals surface area contributed by atoms with Crippen LogP contribution >= 0.6 is 0 Å². The van der Waals surface area contributed by atoms with E-state index in [1.165, 1.54) is 12.0 Å². The van der Waals surface area contributed by atoms with Gasteiger partial charge in [0.25, 0.3) is 0 Å². The van der Waals surface area contributed by atoms with E-state index in [-0.39, 0.29) is 0 Å². The Hall–Kier alpha value is -1.60. The van der Waals surface area contributed by atoms with E-state index in [1.54, 1.807) is 0 Å². The molecular formula is C19H35N7. The topological polar surface area (TPSA) is 51.9 Å². The van der Waals surface area contributed by atoms with Crippen molar-refractivity contribution in [2.45, 2.75) is 25.8 Å². The van der Waals surface area contributed by atoms with Gasteiger partial charge in [0, 0.05) is 58.6 Å². The Labute approximate surface area is 158 Å². The smallest absolute Gasteiger partial charge is 0.193 e. The molecule has 146 valence electrons. The molecule has 3 heterocycles. The van der Waals surface area contributed by atoms with Crippen LogP contribution in [-0.2, 0) is 13.5 Å². The van der Waals surface area contributed by atoms with Crippen molar-refractivity contribution in [2.24, 2.45) is 18.0 Å². The Balaban J connectivity index is 1.57. The number of hydrogen-bond donors (Lipinski definition) is 1. The Morgan fingerprint density at radius 1 is 1.23 bits per heavy atom. The van der Waals surface area contributed by atoms with Gasteiger partial charge in [-0.15, -0.1) is 0 Å². The summed E-state index contributed by atoms with van der Waals surface area (Å²) in [6.07, 6.45) is 6.47. The fourth-order valence-electron chi connectivity index (χ4n) is 4.02. The lowest BCUT2D eigenvalue weighted by Crippen LogP contribution is -2.51. The van der Waals surface area contributed by atoms with E-state index in [0.29, 0.717) is 12.0 Å². The van der Waals surface area contributed by atoms with Gasteiger partial charge in [0.1, 0.15) is 0 Å². The van der Waals surface area contributed by atoms with Crippen molar-refractivity contribution in [1.82, 2.24) is 29.8 Å². The van der Waals surface area contributed by atoms with Gasteiger partial charge in [-0.05, 0) is 45.3 Å². The highest BCUT2D eigenvalue weighted by atomic mass is 15.3. The maximum absolute atomic E-state index is 5.00. The van der Waals surface area contributed by atoms with E-state index in [1.807, 2.05) is 17.9 Å². The van der Waals surface area contributed by atoms with Gasteiger partial charge in [-0.1, -0.05) is 0 Å². The van der Waals surface area contributed by atoms with Crippen molar-refractivity contribution < 1.29 is 0 Å². The molecule has 0 aromatic carbocycles. The van der Waals surface area contributed by atoms with Gasteiger partial charge in [-0.2, -0.15) is 5.10 Å². The highest BCUT2D eigenvalue weighted by Gasteiger charge is 2.26. The first-order chi connectivity index (χ1) is 12.5. The van der Waals surface area contributed by atoms with E-state index in [2.05, 4.69) is 52.3 Å². The first-order valence-electron chi connectivity index (χ1n) is 9.94. The fourth-order valence-corrected chi connectivity index (χ4v) is 4.02. The van der Waals surface area contributed by atoms with Gasteiger partial charge in [0.05, 0.1) is 12.7 Å². The van der Waals surface area contributed by atoms with Crippen molar-refractivity contribution in [2.75, 3.05) is 59.9 Å². The van der Waals surface area contributed by atoms with Crippen molar-refractivity contribution >= 4 is 5.96 Å². The van der Waals surface area contributed by atoms with Gasteiger partial charge in [-0.3, -0.25) is 14.6 Å². The lowest BCUT2D eigenvalue weighted by atomic mass is 10.0. The van der Waals surface area contributed by atoms with Crippen LogP contribution in [0.15, 0.2) is 17.4 Å². The minimum atomic E-state index is 0.510. The van der Waals surface area contributed by atoms with Crippen LogP contribution in [-0.4, -0.2) is 96.4 Å². The zero-order chi connectivity index (χ0) is 18.5. The molecule has 2 aliphatic rings. The van der Waals surface area contributed by atoms with E-state index < -0.39 is 0 Å². The number of aliphatic imine (C=N–C) groups is 1. The number of likely N-dealkylation sites (tertiary alicyclic amines) is 1. The van der Waals surface area contributed by atoms with Crippen LogP contribution in [0.25, 0.3) is 0 Å². The summed E-state index contributed by atoms with van der Waals surface area (Å²) in [6, 6.07) is 0.510. The average molecular weight is 362 g/mol. The molecule has 1 aromatic heterocycles. The molecule has 2 fully saturated rings. The number of nitrogens with zero attached hydrogens (tertiary/aromatic N) is 6. The summed E-state index contributed by atoms with van der Waals surface area (Å²) in [5, 5.41) is 7.80. The van der Waals surface area contributed by atoms with Gasteiger partial charge in [-0.25, -0.2) is 0 Å². The summed E-state index contributed by atoms with van der Waals surface area (Å²) >= 11 is 0. The number of likely N-dealkylation sites (N-methyl/N-ethyl adjacent to an activating group) is 2. The minimum absolute atomic E-state index is 0.510. The van der Waals surface area contributed by atoms with E-state index in [4.69, 9.17) is 4.99 Å². The molecule has 7 nitrogen and oxygen atoms in total. The van der Waals surface area contributed by atoms with Crippen LogP contribution in [0.1, 0.15) is 18.9 Å². The molecule has 3 rings (SSSR count). The summed E-state index contributed by atoms with van der Waals surface area (Å²) in [5.74, 6) is 1.77. The molecule has 7 heteroatoms. The van der Waals surface area contributed by atoms with Gasteiger partial charge in [0.2, 0.25) is 0 Å². The second-order valence-corrected chi connectivity index (χ2v) is 7.92. The molecule has 0 saturated carbocycles. The molecule has 26 heavy (non-hydrogen) atoms. The zero-order valence-corrected chi connectivity index (χ0v) is 16.9. The van der Waals surface area contributed by atoms with Crippen LogP contribution in [0, 0.1) is 5.92 Å². The molecule has 2 saturated heterocycles. The zero-order valence-electron chi connectivity index (χ0n) is 16.9. The van der Waals surface area contributed by atoms with Crippen LogP contribution < -0.4 is 5.32 Å². The third-order valence-corrected chi connectivity index (χ3v) is 5.64. The molecule has 1 aromatic rings.